The molecule has 6 nitrogen and oxygen atoms in total. The van der Waals surface area contributed by atoms with Crippen LogP contribution in [0.4, 0.5) is 0 Å². The Morgan fingerprint density at radius 2 is 1.94 bits per heavy atom. The van der Waals surface area contributed by atoms with Crippen LogP contribution >= 0.6 is 0 Å². The zero-order chi connectivity index (χ0) is 24.4. The molecule has 0 aliphatic heterocycles. The third kappa shape index (κ3) is 6.14. The van der Waals surface area contributed by atoms with Crippen LogP contribution in [0.5, 0.6) is 0 Å². The van der Waals surface area contributed by atoms with Gasteiger partial charge in [0.2, 0.25) is 11.8 Å². The first kappa shape index (κ1) is 25.7. The molecule has 0 radical (unpaired) electrons. The van der Waals surface area contributed by atoms with Crippen LogP contribution in [-0.4, -0.2) is 34.1 Å². The number of hydrogen-bond donors (Lipinski definition) is 3. The van der Waals surface area contributed by atoms with E-state index in [9.17, 15) is 14.7 Å². The standard InChI is InChI=1S/C27H43N3O3/c1-17(25(33)29-16-19-9-7-8-14-28-19)20-10-12-27(6)13-11-21(18(2)23(27)24(20)32)30-22(31)15-26(3,4)5/h7-9,14,17-18,20-21,23-24,32H,10-13,15-16H2,1-6H3,(H,29,33)(H,30,31)/t17-,18-,20-,21-,23+,24-,27+/m0/s1. The average Bonchev–Trinajstić information content (AvgIpc) is 2.73. The van der Waals surface area contributed by atoms with Crippen LogP contribution in [0.15, 0.2) is 24.4 Å². The lowest BCUT2D eigenvalue weighted by molar-refractivity contribution is -0.144. The first-order valence-electron chi connectivity index (χ1n) is 12.6. The minimum absolute atomic E-state index is 0.0354. The SMILES string of the molecule is C[C@@H]1[C@@H]2[C@@H](O)[C@H]([C@H](C)C(=O)NCc3ccccn3)CC[C@]2(C)CC[C@@H]1NC(=O)CC(C)(C)C. The lowest BCUT2D eigenvalue weighted by Crippen LogP contribution is -2.58. The number of amides is 2. The van der Waals surface area contributed by atoms with Gasteiger partial charge in [0.1, 0.15) is 0 Å². The van der Waals surface area contributed by atoms with E-state index >= 15 is 0 Å². The number of fused-ring (bicyclic) bond motifs is 1. The molecule has 0 saturated heterocycles. The molecule has 7 atom stereocenters. The van der Waals surface area contributed by atoms with E-state index in [2.05, 4.69) is 50.2 Å². The Morgan fingerprint density at radius 3 is 2.58 bits per heavy atom. The van der Waals surface area contributed by atoms with E-state index in [0.717, 1.165) is 31.4 Å². The number of pyridine rings is 1. The number of rotatable bonds is 6. The van der Waals surface area contributed by atoms with Crippen molar-refractivity contribution in [3.63, 3.8) is 0 Å². The maximum absolute atomic E-state index is 12.9. The minimum atomic E-state index is -0.559. The van der Waals surface area contributed by atoms with Gasteiger partial charge in [-0.05, 0) is 66.4 Å². The number of aliphatic hydroxyl groups excluding tert-OH is 1. The van der Waals surface area contributed by atoms with E-state index in [-0.39, 0.29) is 52.4 Å². The Bertz CT molecular complexity index is 822. The summed E-state index contributed by atoms with van der Waals surface area (Å²) in [6.45, 7) is 13.0. The van der Waals surface area contributed by atoms with Gasteiger partial charge < -0.3 is 15.7 Å². The Balaban J connectivity index is 1.65. The summed E-state index contributed by atoms with van der Waals surface area (Å²) in [6, 6.07) is 5.72. The van der Waals surface area contributed by atoms with Crippen LogP contribution < -0.4 is 10.6 Å². The van der Waals surface area contributed by atoms with Crippen molar-refractivity contribution in [3.05, 3.63) is 30.1 Å². The van der Waals surface area contributed by atoms with Gasteiger partial charge in [0.15, 0.2) is 0 Å². The Hall–Kier alpha value is -1.95. The molecule has 3 rings (SSSR count). The fourth-order valence-electron chi connectivity index (χ4n) is 6.27. The lowest BCUT2D eigenvalue weighted by atomic mass is 9.51. The molecule has 0 spiro atoms. The van der Waals surface area contributed by atoms with Crippen LogP contribution in [0, 0.1) is 34.5 Å². The van der Waals surface area contributed by atoms with Crippen molar-refractivity contribution in [1.29, 1.82) is 0 Å². The topological polar surface area (TPSA) is 91.3 Å². The van der Waals surface area contributed by atoms with Gasteiger partial charge in [-0.2, -0.15) is 0 Å². The van der Waals surface area contributed by atoms with Crippen LogP contribution in [0.25, 0.3) is 0 Å². The number of aromatic nitrogens is 1. The molecular weight excluding hydrogens is 414 g/mol. The van der Waals surface area contributed by atoms with Crippen molar-refractivity contribution < 1.29 is 14.7 Å². The van der Waals surface area contributed by atoms with Crippen molar-refractivity contribution >= 4 is 11.8 Å². The quantitative estimate of drug-likeness (QED) is 0.600. The van der Waals surface area contributed by atoms with Gasteiger partial charge in [-0.25, -0.2) is 0 Å². The summed E-state index contributed by atoms with van der Waals surface area (Å²) in [5, 5.41) is 17.8. The van der Waals surface area contributed by atoms with Crippen molar-refractivity contribution in [2.75, 3.05) is 0 Å². The molecule has 0 aromatic carbocycles. The van der Waals surface area contributed by atoms with E-state index in [0.29, 0.717) is 13.0 Å². The molecule has 1 heterocycles. The summed E-state index contributed by atoms with van der Waals surface area (Å²) in [5.74, 6) is -0.0845. The monoisotopic (exact) mass is 457 g/mol. The first-order chi connectivity index (χ1) is 15.4. The third-order valence-electron chi connectivity index (χ3n) is 8.15. The van der Waals surface area contributed by atoms with Gasteiger partial charge in [-0.3, -0.25) is 14.6 Å². The molecule has 3 N–H and O–H groups in total. The number of carbonyl (C=O) groups excluding carboxylic acids is 2. The summed E-state index contributed by atoms with van der Waals surface area (Å²) in [4.78, 5) is 29.8. The maximum atomic E-state index is 12.9. The second-order valence-corrected chi connectivity index (χ2v) is 12.0. The smallest absolute Gasteiger partial charge is 0.223 e. The van der Waals surface area contributed by atoms with Crippen molar-refractivity contribution in [2.45, 2.75) is 92.3 Å². The van der Waals surface area contributed by atoms with Crippen LogP contribution in [0.2, 0.25) is 0 Å². The molecule has 2 fully saturated rings. The fraction of sp³-hybridized carbons (Fsp3) is 0.741. The normalized spacial score (nSPS) is 33.0. The maximum Gasteiger partial charge on any atom is 0.223 e. The van der Waals surface area contributed by atoms with Crippen molar-refractivity contribution in [1.82, 2.24) is 15.6 Å². The second-order valence-electron chi connectivity index (χ2n) is 12.0. The minimum Gasteiger partial charge on any atom is -0.392 e. The van der Waals surface area contributed by atoms with Crippen LogP contribution in [-0.2, 0) is 16.1 Å². The number of nitrogens with one attached hydrogen (secondary N) is 2. The zero-order valence-electron chi connectivity index (χ0n) is 21.2. The average molecular weight is 458 g/mol. The summed E-state index contributed by atoms with van der Waals surface area (Å²) < 4.78 is 0. The van der Waals surface area contributed by atoms with Gasteiger partial charge in [0, 0.05) is 24.6 Å². The van der Waals surface area contributed by atoms with Gasteiger partial charge in [0.05, 0.1) is 18.3 Å². The Kier molecular flexibility index (Phi) is 7.87. The summed E-state index contributed by atoms with van der Waals surface area (Å²) in [7, 11) is 0. The molecule has 6 heteroatoms. The van der Waals surface area contributed by atoms with E-state index in [4.69, 9.17) is 0 Å². The van der Waals surface area contributed by atoms with Gasteiger partial charge in [-0.15, -0.1) is 0 Å². The van der Waals surface area contributed by atoms with Gasteiger partial charge >= 0.3 is 0 Å². The number of hydrogen-bond acceptors (Lipinski definition) is 4. The molecule has 2 amide bonds. The molecule has 184 valence electrons. The molecule has 2 aliphatic carbocycles. The molecule has 0 unspecified atom stereocenters. The van der Waals surface area contributed by atoms with Crippen LogP contribution in [0.3, 0.4) is 0 Å². The van der Waals surface area contributed by atoms with E-state index < -0.39 is 6.10 Å². The molecule has 1 aromatic rings. The highest BCUT2D eigenvalue weighted by Gasteiger charge is 2.53. The van der Waals surface area contributed by atoms with Gasteiger partial charge in [0.25, 0.3) is 0 Å². The number of carbonyl (C=O) groups is 2. The molecule has 1 aromatic heterocycles. The number of nitrogens with zero attached hydrogens (tertiary/aromatic N) is 1. The van der Waals surface area contributed by atoms with E-state index in [1.807, 2.05) is 25.1 Å². The van der Waals surface area contributed by atoms with E-state index in [1.54, 1.807) is 6.20 Å². The highest BCUT2D eigenvalue weighted by atomic mass is 16.3. The van der Waals surface area contributed by atoms with Crippen molar-refractivity contribution in [3.8, 4) is 0 Å². The molecule has 0 bridgehead atoms. The molecule has 2 saturated carbocycles. The highest BCUT2D eigenvalue weighted by Crippen LogP contribution is 2.55. The second kappa shape index (κ2) is 10.1. The predicted octanol–water partition coefficient (Wildman–Crippen LogP) is 4.08. The first-order valence-corrected chi connectivity index (χ1v) is 12.6. The predicted molar refractivity (Wildman–Crippen MR) is 130 cm³/mol. The Morgan fingerprint density at radius 1 is 1.24 bits per heavy atom. The van der Waals surface area contributed by atoms with Crippen molar-refractivity contribution in [2.24, 2.45) is 34.5 Å². The molecular formula is C27H43N3O3. The lowest BCUT2D eigenvalue weighted by Gasteiger charge is -2.56. The number of aliphatic hydroxyl groups is 1. The van der Waals surface area contributed by atoms with Gasteiger partial charge in [-0.1, -0.05) is 47.6 Å². The third-order valence-corrected chi connectivity index (χ3v) is 8.15. The Labute approximate surface area is 199 Å². The fourth-order valence-corrected chi connectivity index (χ4v) is 6.27. The van der Waals surface area contributed by atoms with E-state index in [1.165, 1.54) is 0 Å². The summed E-state index contributed by atoms with van der Waals surface area (Å²) in [6.07, 6.45) is 5.45. The summed E-state index contributed by atoms with van der Waals surface area (Å²) >= 11 is 0. The highest BCUT2D eigenvalue weighted by molar-refractivity contribution is 5.78. The largest absolute Gasteiger partial charge is 0.392 e. The molecule has 33 heavy (non-hydrogen) atoms. The zero-order valence-corrected chi connectivity index (χ0v) is 21.2. The van der Waals surface area contributed by atoms with Crippen LogP contribution in [0.1, 0.15) is 79.3 Å². The summed E-state index contributed by atoms with van der Waals surface area (Å²) in [5.41, 5.74) is 0.818. The molecule has 2 aliphatic rings.